The minimum Gasteiger partial charge on any atom is -0.330 e. The summed E-state index contributed by atoms with van der Waals surface area (Å²) in [6.07, 6.45) is 0. The summed E-state index contributed by atoms with van der Waals surface area (Å²) in [5.41, 5.74) is 2.49. The van der Waals surface area contributed by atoms with E-state index in [0.29, 0.717) is 16.5 Å². The molecule has 0 amide bonds. The van der Waals surface area contributed by atoms with Gasteiger partial charge in [-0.15, -0.1) is 0 Å². The highest BCUT2D eigenvalue weighted by Gasteiger charge is 2.07. The van der Waals surface area contributed by atoms with E-state index < -0.39 is 0 Å². The fourth-order valence-corrected chi connectivity index (χ4v) is 2.53. The topological polar surface area (TPSA) is 54.9 Å². The molecule has 0 bridgehead atoms. The molecule has 21 heavy (non-hydrogen) atoms. The Kier molecular flexibility index (Phi) is 3.75. The van der Waals surface area contributed by atoms with E-state index in [1.165, 1.54) is 11.5 Å². The first-order valence-electron chi connectivity index (χ1n) is 6.49. The van der Waals surface area contributed by atoms with Gasteiger partial charge in [0, 0.05) is 28.3 Å². The van der Waals surface area contributed by atoms with E-state index in [1.54, 1.807) is 13.0 Å². The Labute approximate surface area is 126 Å². The number of nitrogens with one attached hydrogen (secondary N) is 1. The molecule has 0 saturated carbocycles. The lowest BCUT2D eigenvalue weighted by molar-refractivity contribution is 0.101. The number of benzene rings is 2. The van der Waals surface area contributed by atoms with E-state index in [-0.39, 0.29) is 5.78 Å². The van der Waals surface area contributed by atoms with Crippen molar-refractivity contribution < 1.29 is 4.79 Å². The minimum absolute atomic E-state index is 0.0425. The summed E-state index contributed by atoms with van der Waals surface area (Å²) in [5, 5.41) is 3.89. The van der Waals surface area contributed by atoms with Crippen molar-refractivity contribution in [1.82, 2.24) is 9.36 Å². The maximum absolute atomic E-state index is 11.4. The molecule has 104 valence electrons. The van der Waals surface area contributed by atoms with E-state index in [1.807, 2.05) is 48.5 Å². The molecular weight excluding hydrogens is 282 g/mol. The van der Waals surface area contributed by atoms with Crippen LogP contribution in [0.25, 0.3) is 11.4 Å². The number of carbonyl (C=O) groups is 1. The fraction of sp³-hybridized carbons (Fsp3) is 0.0625. The van der Waals surface area contributed by atoms with E-state index in [0.717, 1.165) is 11.3 Å². The van der Waals surface area contributed by atoms with Crippen LogP contribution in [0.4, 0.5) is 10.8 Å². The van der Waals surface area contributed by atoms with Crippen LogP contribution in [0.1, 0.15) is 17.3 Å². The molecule has 0 aliphatic carbocycles. The molecule has 3 aromatic rings. The molecule has 0 atom stereocenters. The number of aromatic nitrogens is 2. The Hall–Kier alpha value is -2.53. The van der Waals surface area contributed by atoms with E-state index in [4.69, 9.17) is 0 Å². The van der Waals surface area contributed by atoms with Crippen LogP contribution in [0, 0.1) is 0 Å². The summed E-state index contributed by atoms with van der Waals surface area (Å²) >= 11 is 1.30. The molecule has 1 aromatic heterocycles. The van der Waals surface area contributed by atoms with Gasteiger partial charge in [-0.2, -0.15) is 9.36 Å². The average molecular weight is 295 g/mol. The second-order valence-electron chi connectivity index (χ2n) is 4.55. The number of hydrogen-bond donors (Lipinski definition) is 1. The number of ketones is 1. The van der Waals surface area contributed by atoms with Gasteiger partial charge in [0.25, 0.3) is 0 Å². The van der Waals surface area contributed by atoms with Crippen LogP contribution in [0.5, 0.6) is 0 Å². The SMILES string of the molecule is CC(=O)c1cccc(Nc2nc(-c3ccccc3)ns2)c1. The normalized spacial score (nSPS) is 10.3. The Morgan fingerprint density at radius 1 is 1.10 bits per heavy atom. The quantitative estimate of drug-likeness (QED) is 0.735. The van der Waals surface area contributed by atoms with Gasteiger partial charge in [0.2, 0.25) is 5.13 Å². The molecule has 1 N–H and O–H groups in total. The number of Topliss-reactive ketones (excluding diaryl/α,β-unsaturated/α-hetero) is 1. The van der Waals surface area contributed by atoms with E-state index >= 15 is 0 Å². The number of hydrogen-bond acceptors (Lipinski definition) is 5. The van der Waals surface area contributed by atoms with Crippen LogP contribution in [-0.4, -0.2) is 15.1 Å². The van der Waals surface area contributed by atoms with Gasteiger partial charge in [0.05, 0.1) is 0 Å². The minimum atomic E-state index is 0.0425. The molecule has 0 spiro atoms. The van der Waals surface area contributed by atoms with Gasteiger partial charge >= 0.3 is 0 Å². The number of rotatable bonds is 4. The van der Waals surface area contributed by atoms with Crippen LogP contribution in [-0.2, 0) is 0 Å². The van der Waals surface area contributed by atoms with Gasteiger partial charge in [-0.1, -0.05) is 42.5 Å². The van der Waals surface area contributed by atoms with Crippen LogP contribution in [0.2, 0.25) is 0 Å². The molecular formula is C16H13N3OS. The molecule has 0 radical (unpaired) electrons. The lowest BCUT2D eigenvalue weighted by Crippen LogP contribution is -1.95. The standard InChI is InChI=1S/C16H13N3OS/c1-11(20)13-8-5-9-14(10-13)17-16-18-15(19-21-16)12-6-3-2-4-7-12/h2-10H,1H3,(H,17,18,19). The Balaban J connectivity index is 1.82. The third-order valence-electron chi connectivity index (χ3n) is 2.98. The van der Waals surface area contributed by atoms with Crippen molar-refractivity contribution in [3.63, 3.8) is 0 Å². The molecule has 1 heterocycles. The van der Waals surface area contributed by atoms with Crippen LogP contribution >= 0.6 is 11.5 Å². The summed E-state index contributed by atoms with van der Waals surface area (Å²) in [4.78, 5) is 15.8. The summed E-state index contributed by atoms with van der Waals surface area (Å²) in [6.45, 7) is 1.55. The monoisotopic (exact) mass is 295 g/mol. The van der Waals surface area contributed by atoms with Crippen molar-refractivity contribution in [3.8, 4) is 11.4 Å². The lowest BCUT2D eigenvalue weighted by atomic mass is 10.1. The summed E-state index contributed by atoms with van der Waals surface area (Å²) in [5.74, 6) is 0.742. The van der Waals surface area contributed by atoms with Gasteiger partial charge < -0.3 is 5.32 Å². The molecule has 0 aliphatic heterocycles. The third-order valence-corrected chi connectivity index (χ3v) is 3.61. The van der Waals surface area contributed by atoms with E-state index in [2.05, 4.69) is 14.7 Å². The van der Waals surface area contributed by atoms with Crippen LogP contribution in [0.3, 0.4) is 0 Å². The highest BCUT2D eigenvalue weighted by Crippen LogP contribution is 2.24. The smallest absolute Gasteiger partial charge is 0.207 e. The average Bonchev–Trinajstić information content (AvgIpc) is 2.97. The zero-order chi connectivity index (χ0) is 14.7. The number of anilines is 2. The molecule has 0 aliphatic rings. The second kappa shape index (κ2) is 5.85. The molecule has 0 unspecified atom stereocenters. The lowest BCUT2D eigenvalue weighted by Gasteiger charge is -2.03. The fourth-order valence-electron chi connectivity index (χ4n) is 1.92. The van der Waals surface area contributed by atoms with Crippen molar-refractivity contribution in [3.05, 3.63) is 60.2 Å². The van der Waals surface area contributed by atoms with Crippen molar-refractivity contribution >= 4 is 28.1 Å². The van der Waals surface area contributed by atoms with Gasteiger partial charge in [-0.05, 0) is 19.1 Å². The maximum Gasteiger partial charge on any atom is 0.207 e. The van der Waals surface area contributed by atoms with Gasteiger partial charge in [-0.3, -0.25) is 4.79 Å². The highest BCUT2D eigenvalue weighted by atomic mass is 32.1. The van der Waals surface area contributed by atoms with E-state index in [9.17, 15) is 4.79 Å². The molecule has 4 nitrogen and oxygen atoms in total. The number of nitrogens with zero attached hydrogens (tertiary/aromatic N) is 2. The van der Waals surface area contributed by atoms with Crippen molar-refractivity contribution in [2.75, 3.05) is 5.32 Å². The molecule has 3 rings (SSSR count). The zero-order valence-corrected chi connectivity index (χ0v) is 12.2. The zero-order valence-electron chi connectivity index (χ0n) is 11.4. The van der Waals surface area contributed by atoms with Crippen LogP contribution < -0.4 is 5.32 Å². The van der Waals surface area contributed by atoms with Gasteiger partial charge in [0.1, 0.15) is 0 Å². The van der Waals surface area contributed by atoms with Crippen molar-refractivity contribution in [2.24, 2.45) is 0 Å². The van der Waals surface area contributed by atoms with Crippen molar-refractivity contribution in [1.29, 1.82) is 0 Å². The maximum atomic E-state index is 11.4. The molecule has 0 fully saturated rings. The van der Waals surface area contributed by atoms with Gasteiger partial charge in [-0.25, -0.2) is 0 Å². The first-order chi connectivity index (χ1) is 10.2. The Morgan fingerprint density at radius 2 is 1.90 bits per heavy atom. The third kappa shape index (κ3) is 3.14. The van der Waals surface area contributed by atoms with Crippen molar-refractivity contribution in [2.45, 2.75) is 6.92 Å². The first kappa shape index (κ1) is 13.5. The largest absolute Gasteiger partial charge is 0.330 e. The summed E-state index contributed by atoms with van der Waals surface area (Å²) in [7, 11) is 0. The molecule has 5 heteroatoms. The first-order valence-corrected chi connectivity index (χ1v) is 7.27. The predicted octanol–water partition coefficient (Wildman–Crippen LogP) is 4.15. The second-order valence-corrected chi connectivity index (χ2v) is 5.30. The number of carbonyl (C=O) groups excluding carboxylic acids is 1. The predicted molar refractivity (Wildman–Crippen MR) is 85.1 cm³/mol. The van der Waals surface area contributed by atoms with Crippen LogP contribution in [0.15, 0.2) is 54.6 Å². The Bertz CT molecular complexity index is 768. The van der Waals surface area contributed by atoms with Gasteiger partial charge in [0.15, 0.2) is 11.6 Å². The molecule has 0 saturated heterocycles. The summed E-state index contributed by atoms with van der Waals surface area (Å²) < 4.78 is 4.34. The Morgan fingerprint density at radius 3 is 2.67 bits per heavy atom. The molecule has 2 aromatic carbocycles. The summed E-state index contributed by atoms with van der Waals surface area (Å²) in [6, 6.07) is 17.2. The highest BCUT2D eigenvalue weighted by molar-refractivity contribution is 7.09.